The molecule has 4 aliphatic carbocycles. The summed E-state index contributed by atoms with van der Waals surface area (Å²) >= 11 is 0. The van der Waals surface area contributed by atoms with E-state index in [1.165, 1.54) is 116 Å². The fourth-order valence-corrected chi connectivity index (χ4v) is 12.4. The summed E-state index contributed by atoms with van der Waals surface area (Å²) in [6.45, 7) is 19.4. The van der Waals surface area contributed by atoms with E-state index in [0.29, 0.717) is 35.2 Å². The molecule has 0 N–H and O–H groups in total. The SMILES string of the molecule is CC(C)CCC[C@@H](C)[C@H]1CC[C@H]2C(=O)C[C@H](CCCC/C=C/CCCC[C@H]3CC(=O)[C@@H]4CC[C@H]([C@H](C)CCCC(C)C)[C@@]4(C)C3)C[C@]12C. The minimum absolute atomic E-state index is 0.256. The number of ketones is 2. The van der Waals surface area contributed by atoms with Crippen LogP contribution in [0.5, 0.6) is 0 Å². The maximum absolute atomic E-state index is 13.3. The third kappa shape index (κ3) is 10.3. The van der Waals surface area contributed by atoms with E-state index in [4.69, 9.17) is 0 Å². The molecular formula is C46H80O2. The fraction of sp³-hybridized carbons (Fsp3) is 0.913. The minimum atomic E-state index is 0.256. The molecule has 0 spiro atoms. The molecule has 0 saturated heterocycles. The lowest BCUT2D eigenvalue weighted by molar-refractivity contribution is -0.133. The fourth-order valence-electron chi connectivity index (χ4n) is 12.4. The first kappa shape index (κ1) is 39.9. The molecule has 4 saturated carbocycles. The van der Waals surface area contributed by atoms with Crippen molar-refractivity contribution in [3.63, 3.8) is 0 Å². The zero-order valence-corrected chi connectivity index (χ0v) is 33.3. The van der Waals surface area contributed by atoms with Crippen molar-refractivity contribution in [2.24, 2.45) is 70.0 Å². The van der Waals surface area contributed by atoms with Crippen LogP contribution in [0.2, 0.25) is 0 Å². The van der Waals surface area contributed by atoms with E-state index in [0.717, 1.165) is 61.2 Å². The van der Waals surface area contributed by atoms with E-state index in [9.17, 15) is 9.59 Å². The Kier molecular flexibility index (Phi) is 15.4. The molecule has 4 aliphatic rings. The van der Waals surface area contributed by atoms with Gasteiger partial charge in [-0.05, 0) is 135 Å². The maximum Gasteiger partial charge on any atom is 0.136 e. The van der Waals surface area contributed by atoms with Gasteiger partial charge in [0.2, 0.25) is 0 Å². The van der Waals surface area contributed by atoms with E-state index in [-0.39, 0.29) is 10.8 Å². The number of fused-ring (bicyclic) bond motifs is 2. The summed E-state index contributed by atoms with van der Waals surface area (Å²) in [6.07, 6.45) is 32.0. The van der Waals surface area contributed by atoms with Crippen LogP contribution in [0.15, 0.2) is 12.2 Å². The topological polar surface area (TPSA) is 34.1 Å². The Labute approximate surface area is 299 Å². The first-order valence-electron chi connectivity index (χ1n) is 21.6. The molecule has 48 heavy (non-hydrogen) atoms. The van der Waals surface area contributed by atoms with Crippen molar-refractivity contribution >= 4 is 11.6 Å². The molecule has 0 aromatic rings. The molecule has 4 fully saturated rings. The van der Waals surface area contributed by atoms with Crippen molar-refractivity contribution in [3.05, 3.63) is 12.2 Å². The highest BCUT2D eigenvalue weighted by molar-refractivity contribution is 5.84. The lowest BCUT2D eigenvalue weighted by Crippen LogP contribution is -2.42. The zero-order chi connectivity index (χ0) is 34.9. The first-order valence-corrected chi connectivity index (χ1v) is 21.6. The number of carbonyl (C=O) groups excluding carboxylic acids is 2. The van der Waals surface area contributed by atoms with Crippen LogP contribution in [0.4, 0.5) is 0 Å². The van der Waals surface area contributed by atoms with Crippen LogP contribution in [0.25, 0.3) is 0 Å². The van der Waals surface area contributed by atoms with Gasteiger partial charge in [0.1, 0.15) is 11.6 Å². The van der Waals surface area contributed by atoms with Crippen molar-refractivity contribution in [3.8, 4) is 0 Å². The maximum atomic E-state index is 13.3. The smallest absolute Gasteiger partial charge is 0.136 e. The predicted octanol–water partition coefficient (Wildman–Crippen LogP) is 13.6. The van der Waals surface area contributed by atoms with Crippen molar-refractivity contribution in [2.75, 3.05) is 0 Å². The van der Waals surface area contributed by atoms with Crippen LogP contribution in [0.3, 0.4) is 0 Å². The number of hydrogen-bond donors (Lipinski definition) is 0. The number of unbranched alkanes of at least 4 members (excludes halogenated alkanes) is 4. The predicted molar refractivity (Wildman–Crippen MR) is 206 cm³/mol. The number of rotatable bonds is 20. The van der Waals surface area contributed by atoms with Gasteiger partial charge in [0.25, 0.3) is 0 Å². The number of allylic oxidation sites excluding steroid dienone is 2. The van der Waals surface area contributed by atoms with E-state index in [1.807, 2.05) is 0 Å². The van der Waals surface area contributed by atoms with Crippen LogP contribution >= 0.6 is 0 Å². The molecule has 0 unspecified atom stereocenters. The average Bonchev–Trinajstić information content (AvgIpc) is 3.54. The van der Waals surface area contributed by atoms with Gasteiger partial charge in [-0.25, -0.2) is 0 Å². The molecule has 0 aromatic carbocycles. The molecule has 4 rings (SSSR count). The van der Waals surface area contributed by atoms with E-state index in [1.54, 1.807) is 0 Å². The van der Waals surface area contributed by atoms with Crippen molar-refractivity contribution in [1.29, 1.82) is 0 Å². The normalized spacial score (nSPS) is 35.1. The Balaban J connectivity index is 1.10. The Morgan fingerprint density at radius 1 is 0.562 bits per heavy atom. The van der Waals surface area contributed by atoms with Gasteiger partial charge in [0.05, 0.1) is 0 Å². The average molecular weight is 665 g/mol. The van der Waals surface area contributed by atoms with Gasteiger partial charge in [-0.2, -0.15) is 0 Å². The summed E-state index contributed by atoms with van der Waals surface area (Å²) in [4.78, 5) is 26.5. The molecule has 10 atom stereocenters. The zero-order valence-electron chi connectivity index (χ0n) is 33.3. The van der Waals surface area contributed by atoms with Gasteiger partial charge in [0, 0.05) is 24.7 Å². The summed E-state index contributed by atoms with van der Waals surface area (Å²) in [7, 11) is 0. The lowest BCUT2D eigenvalue weighted by Gasteiger charge is -2.45. The summed E-state index contributed by atoms with van der Waals surface area (Å²) in [5, 5.41) is 0. The molecule has 0 bridgehead atoms. The third-order valence-corrected chi connectivity index (χ3v) is 14.9. The van der Waals surface area contributed by atoms with Crippen LogP contribution in [0.1, 0.15) is 197 Å². The third-order valence-electron chi connectivity index (χ3n) is 14.9. The lowest BCUT2D eigenvalue weighted by atomic mass is 9.58. The van der Waals surface area contributed by atoms with Gasteiger partial charge in [-0.1, -0.05) is 119 Å². The van der Waals surface area contributed by atoms with Crippen molar-refractivity contribution in [2.45, 2.75) is 197 Å². The molecule has 0 amide bonds. The second kappa shape index (κ2) is 18.5. The van der Waals surface area contributed by atoms with Gasteiger partial charge >= 0.3 is 0 Å². The van der Waals surface area contributed by atoms with E-state index < -0.39 is 0 Å². The molecular weight excluding hydrogens is 585 g/mol. The summed E-state index contributed by atoms with van der Waals surface area (Å²) in [6, 6.07) is 0. The van der Waals surface area contributed by atoms with Crippen LogP contribution in [-0.2, 0) is 9.59 Å². The van der Waals surface area contributed by atoms with Crippen LogP contribution in [-0.4, -0.2) is 11.6 Å². The second-order valence-corrected chi connectivity index (χ2v) is 19.6. The number of Topliss-reactive ketones (excluding diaryl/α,β-unsaturated/α-hetero) is 2. The highest BCUT2D eigenvalue weighted by atomic mass is 16.1. The van der Waals surface area contributed by atoms with Crippen molar-refractivity contribution < 1.29 is 9.59 Å². The quantitative estimate of drug-likeness (QED) is 0.0958. The first-order chi connectivity index (χ1) is 22.8. The largest absolute Gasteiger partial charge is 0.299 e. The van der Waals surface area contributed by atoms with E-state index >= 15 is 0 Å². The van der Waals surface area contributed by atoms with Gasteiger partial charge in [-0.3, -0.25) is 9.59 Å². The summed E-state index contributed by atoms with van der Waals surface area (Å²) in [5.41, 5.74) is 0.512. The number of carbonyl (C=O) groups is 2. The Bertz CT molecular complexity index is 943. The van der Waals surface area contributed by atoms with Gasteiger partial charge < -0.3 is 0 Å². The Morgan fingerprint density at radius 2 is 0.958 bits per heavy atom. The molecule has 2 heteroatoms. The van der Waals surface area contributed by atoms with Gasteiger partial charge in [-0.15, -0.1) is 0 Å². The summed E-state index contributed by atoms with van der Waals surface area (Å²) < 4.78 is 0. The molecule has 2 nitrogen and oxygen atoms in total. The minimum Gasteiger partial charge on any atom is -0.299 e. The molecule has 0 aliphatic heterocycles. The highest BCUT2D eigenvalue weighted by Crippen LogP contribution is 2.60. The monoisotopic (exact) mass is 665 g/mol. The molecule has 276 valence electrons. The van der Waals surface area contributed by atoms with E-state index in [2.05, 4.69) is 67.5 Å². The summed E-state index contributed by atoms with van der Waals surface area (Å²) in [5.74, 6) is 7.74. The van der Waals surface area contributed by atoms with Crippen molar-refractivity contribution in [1.82, 2.24) is 0 Å². The highest BCUT2D eigenvalue weighted by Gasteiger charge is 2.55. The van der Waals surface area contributed by atoms with Crippen LogP contribution in [0, 0.1) is 70.0 Å². The standard InChI is InChI=1S/C46H80O2/c1-33(2)19-17-21-35(5)39-25-27-41-43(47)29-37(31-45(39,41)7)23-15-13-11-9-10-12-14-16-24-38-30-44(48)42-28-26-40(46(42,8)32-38)36(6)22-18-20-34(3)4/h9-10,33-42H,11-32H2,1-8H3/b10-9+/t35-,36-,37+,38+,39-,40-,41+,42+,45-,46-/m1/s1. The van der Waals surface area contributed by atoms with Crippen LogP contribution < -0.4 is 0 Å². The molecule has 0 radical (unpaired) electrons. The second-order valence-electron chi connectivity index (χ2n) is 19.6. The Morgan fingerprint density at radius 3 is 1.33 bits per heavy atom. The number of hydrogen-bond acceptors (Lipinski definition) is 2. The van der Waals surface area contributed by atoms with Gasteiger partial charge in [0.15, 0.2) is 0 Å². The Hall–Kier alpha value is -0.920. The molecule has 0 heterocycles. The molecule has 0 aromatic heterocycles.